The van der Waals surface area contributed by atoms with E-state index in [9.17, 15) is 0 Å². The van der Waals surface area contributed by atoms with Gasteiger partial charge in [0, 0.05) is 11.5 Å². The lowest BCUT2D eigenvalue weighted by molar-refractivity contribution is 0.742. The summed E-state index contributed by atoms with van der Waals surface area (Å²) in [7, 11) is 0. The standard InChI is InChI=1S/C15H13N5/c16-19-17-10-15-18-13-8-4-5-9-14(13)20(15)11-12-6-2-1-3-7-12/h1-9H,10-11H2. The third-order valence-corrected chi connectivity index (χ3v) is 3.19. The molecule has 0 fully saturated rings. The first-order valence-corrected chi connectivity index (χ1v) is 6.37. The van der Waals surface area contributed by atoms with E-state index < -0.39 is 0 Å². The molecule has 0 N–H and O–H groups in total. The van der Waals surface area contributed by atoms with Crippen LogP contribution < -0.4 is 0 Å². The topological polar surface area (TPSA) is 66.6 Å². The van der Waals surface area contributed by atoms with E-state index in [1.807, 2.05) is 42.5 Å². The first-order valence-electron chi connectivity index (χ1n) is 6.37. The lowest BCUT2D eigenvalue weighted by atomic mass is 10.2. The predicted octanol–water partition coefficient (Wildman–Crippen LogP) is 3.89. The van der Waals surface area contributed by atoms with Gasteiger partial charge >= 0.3 is 0 Å². The molecule has 0 unspecified atom stereocenters. The van der Waals surface area contributed by atoms with Crippen LogP contribution in [0.4, 0.5) is 0 Å². The van der Waals surface area contributed by atoms with Crippen molar-refractivity contribution in [3.05, 3.63) is 76.4 Å². The summed E-state index contributed by atoms with van der Waals surface area (Å²) in [6.07, 6.45) is 0. The van der Waals surface area contributed by atoms with Crippen LogP contribution in [0.1, 0.15) is 11.4 Å². The average Bonchev–Trinajstić information content (AvgIpc) is 2.84. The molecule has 0 bridgehead atoms. The SMILES string of the molecule is [N-]=[N+]=NCc1nc2ccccc2n1Cc1ccccc1. The predicted molar refractivity (Wildman–Crippen MR) is 78.1 cm³/mol. The molecule has 0 atom stereocenters. The highest BCUT2D eigenvalue weighted by molar-refractivity contribution is 5.76. The molecule has 0 aliphatic rings. The summed E-state index contributed by atoms with van der Waals surface area (Å²) in [4.78, 5) is 7.37. The molecule has 1 heterocycles. The van der Waals surface area contributed by atoms with E-state index in [0.717, 1.165) is 23.4 Å². The first kappa shape index (κ1) is 12.3. The Morgan fingerprint density at radius 1 is 1.05 bits per heavy atom. The van der Waals surface area contributed by atoms with Gasteiger partial charge < -0.3 is 4.57 Å². The second-order valence-electron chi connectivity index (χ2n) is 4.48. The number of azide groups is 1. The Kier molecular flexibility index (Phi) is 3.35. The molecule has 20 heavy (non-hydrogen) atoms. The highest BCUT2D eigenvalue weighted by Crippen LogP contribution is 2.18. The number of fused-ring (bicyclic) bond motifs is 1. The third-order valence-electron chi connectivity index (χ3n) is 3.19. The van der Waals surface area contributed by atoms with Gasteiger partial charge in [-0.25, -0.2) is 4.98 Å². The van der Waals surface area contributed by atoms with Crippen molar-refractivity contribution in [2.75, 3.05) is 0 Å². The third kappa shape index (κ3) is 2.35. The van der Waals surface area contributed by atoms with Gasteiger partial charge in [-0.15, -0.1) is 0 Å². The summed E-state index contributed by atoms with van der Waals surface area (Å²) in [6, 6.07) is 18.1. The van der Waals surface area contributed by atoms with Crippen molar-refractivity contribution in [3.63, 3.8) is 0 Å². The van der Waals surface area contributed by atoms with Crippen LogP contribution in [0.3, 0.4) is 0 Å². The normalized spacial score (nSPS) is 10.4. The van der Waals surface area contributed by atoms with Crippen LogP contribution in [-0.2, 0) is 13.1 Å². The number of para-hydroxylation sites is 2. The summed E-state index contributed by atoms with van der Waals surface area (Å²) < 4.78 is 2.10. The van der Waals surface area contributed by atoms with Crippen molar-refractivity contribution in [3.8, 4) is 0 Å². The number of hydrogen-bond acceptors (Lipinski definition) is 2. The molecule has 1 aromatic heterocycles. The molecule has 0 saturated heterocycles. The maximum absolute atomic E-state index is 8.50. The van der Waals surface area contributed by atoms with Gasteiger partial charge in [0.05, 0.1) is 17.6 Å². The molecule has 0 aliphatic heterocycles. The molecule has 5 nitrogen and oxygen atoms in total. The van der Waals surface area contributed by atoms with Gasteiger partial charge in [-0.2, -0.15) is 0 Å². The van der Waals surface area contributed by atoms with E-state index >= 15 is 0 Å². The zero-order valence-corrected chi connectivity index (χ0v) is 10.8. The van der Waals surface area contributed by atoms with Crippen LogP contribution in [0, 0.1) is 0 Å². The lowest BCUT2D eigenvalue weighted by Gasteiger charge is -2.08. The van der Waals surface area contributed by atoms with E-state index in [0.29, 0.717) is 0 Å². The van der Waals surface area contributed by atoms with Gasteiger partial charge in [0.25, 0.3) is 0 Å². The molecule has 2 aromatic carbocycles. The van der Waals surface area contributed by atoms with Crippen LogP contribution in [-0.4, -0.2) is 9.55 Å². The lowest BCUT2D eigenvalue weighted by Crippen LogP contribution is -2.04. The summed E-state index contributed by atoms with van der Waals surface area (Å²) in [5.74, 6) is 0.785. The van der Waals surface area contributed by atoms with Crippen LogP contribution in [0.15, 0.2) is 59.7 Å². The largest absolute Gasteiger partial charge is 0.323 e. The zero-order valence-electron chi connectivity index (χ0n) is 10.8. The number of hydrogen-bond donors (Lipinski definition) is 0. The van der Waals surface area contributed by atoms with Crippen molar-refractivity contribution in [2.45, 2.75) is 13.1 Å². The fourth-order valence-electron chi connectivity index (χ4n) is 2.28. The van der Waals surface area contributed by atoms with Crippen LogP contribution >= 0.6 is 0 Å². The highest BCUT2D eigenvalue weighted by atomic mass is 15.2. The van der Waals surface area contributed by atoms with Crippen LogP contribution in [0.2, 0.25) is 0 Å². The molecule has 3 rings (SSSR count). The number of aromatic nitrogens is 2. The molecule has 98 valence electrons. The van der Waals surface area contributed by atoms with Crippen molar-refractivity contribution in [1.82, 2.24) is 9.55 Å². The highest BCUT2D eigenvalue weighted by Gasteiger charge is 2.09. The van der Waals surface area contributed by atoms with Gasteiger partial charge in [-0.05, 0) is 23.2 Å². The minimum Gasteiger partial charge on any atom is -0.323 e. The first-order chi connectivity index (χ1) is 9.88. The smallest absolute Gasteiger partial charge is 0.116 e. The van der Waals surface area contributed by atoms with Gasteiger partial charge in [-0.1, -0.05) is 47.6 Å². The van der Waals surface area contributed by atoms with Gasteiger partial charge in [0.1, 0.15) is 5.82 Å². The Morgan fingerprint density at radius 3 is 2.60 bits per heavy atom. The Bertz CT molecular complexity index is 769. The van der Waals surface area contributed by atoms with Crippen molar-refractivity contribution < 1.29 is 0 Å². The summed E-state index contributed by atoms with van der Waals surface area (Å²) in [5, 5.41) is 3.64. The zero-order chi connectivity index (χ0) is 13.8. The summed E-state index contributed by atoms with van der Waals surface area (Å²) in [5.41, 5.74) is 11.7. The molecule has 0 amide bonds. The van der Waals surface area contributed by atoms with E-state index in [4.69, 9.17) is 5.53 Å². The van der Waals surface area contributed by atoms with Crippen molar-refractivity contribution >= 4 is 11.0 Å². The monoisotopic (exact) mass is 263 g/mol. The van der Waals surface area contributed by atoms with Gasteiger partial charge in [0.15, 0.2) is 0 Å². The van der Waals surface area contributed by atoms with Gasteiger partial charge in [-0.3, -0.25) is 0 Å². The molecular formula is C15H13N5. The number of rotatable bonds is 4. The second-order valence-corrected chi connectivity index (χ2v) is 4.48. The van der Waals surface area contributed by atoms with E-state index in [2.05, 4.69) is 31.7 Å². The Labute approximate surface area is 116 Å². The van der Waals surface area contributed by atoms with Crippen LogP contribution in [0.5, 0.6) is 0 Å². The number of benzene rings is 2. The van der Waals surface area contributed by atoms with E-state index in [1.54, 1.807) is 0 Å². The number of imidazole rings is 1. The quantitative estimate of drug-likeness (QED) is 0.400. The summed E-state index contributed by atoms with van der Waals surface area (Å²) in [6.45, 7) is 0.982. The Hall–Kier alpha value is -2.78. The van der Waals surface area contributed by atoms with Crippen molar-refractivity contribution in [2.24, 2.45) is 5.11 Å². The number of nitrogens with zero attached hydrogens (tertiary/aromatic N) is 5. The minimum absolute atomic E-state index is 0.262. The Balaban J connectivity index is 2.08. The fraction of sp³-hybridized carbons (Fsp3) is 0.133. The molecule has 0 spiro atoms. The maximum Gasteiger partial charge on any atom is 0.116 e. The van der Waals surface area contributed by atoms with E-state index in [1.165, 1.54) is 5.56 Å². The fourth-order valence-corrected chi connectivity index (χ4v) is 2.28. The van der Waals surface area contributed by atoms with E-state index in [-0.39, 0.29) is 6.54 Å². The molecular weight excluding hydrogens is 250 g/mol. The average molecular weight is 263 g/mol. The summed E-state index contributed by atoms with van der Waals surface area (Å²) >= 11 is 0. The minimum atomic E-state index is 0.262. The Morgan fingerprint density at radius 2 is 1.80 bits per heavy atom. The molecule has 0 radical (unpaired) electrons. The maximum atomic E-state index is 8.50. The second kappa shape index (κ2) is 5.47. The molecule has 3 aromatic rings. The molecule has 0 saturated carbocycles. The van der Waals surface area contributed by atoms with Crippen molar-refractivity contribution in [1.29, 1.82) is 0 Å². The van der Waals surface area contributed by atoms with Crippen LogP contribution in [0.25, 0.3) is 21.5 Å². The molecule has 5 heteroatoms. The molecule has 0 aliphatic carbocycles. The van der Waals surface area contributed by atoms with Gasteiger partial charge in [0.2, 0.25) is 0 Å².